The molecule has 0 N–H and O–H groups in total. The van der Waals surface area contributed by atoms with E-state index in [1.165, 1.54) is 32.1 Å². The van der Waals surface area contributed by atoms with Gasteiger partial charge < -0.3 is 9.80 Å². The molecule has 4 rings (SSSR count). The second-order valence-electron chi connectivity index (χ2n) is 7.25. The van der Waals surface area contributed by atoms with Crippen LogP contribution in [0.4, 0.5) is 5.82 Å². The van der Waals surface area contributed by atoms with Gasteiger partial charge in [-0.2, -0.15) is 0 Å². The zero-order valence-electron chi connectivity index (χ0n) is 13.3. The molecule has 1 aromatic heterocycles. The molecular weight excluding hydrogens is 274 g/mol. The third-order valence-corrected chi connectivity index (χ3v) is 5.58. The van der Waals surface area contributed by atoms with Gasteiger partial charge in [0, 0.05) is 32.4 Å². The Kier molecular flexibility index (Phi) is 3.55. The lowest BCUT2D eigenvalue weighted by molar-refractivity contribution is 0.0724. The lowest BCUT2D eigenvalue weighted by Crippen LogP contribution is -2.40. The molecule has 0 unspecified atom stereocenters. The van der Waals surface area contributed by atoms with Crippen LogP contribution in [-0.2, 0) is 0 Å². The molecule has 0 aromatic carbocycles. The van der Waals surface area contributed by atoms with Crippen molar-refractivity contribution in [2.24, 2.45) is 5.41 Å². The highest BCUT2D eigenvalue weighted by Crippen LogP contribution is 2.52. The van der Waals surface area contributed by atoms with Crippen molar-refractivity contribution in [3.8, 4) is 0 Å². The summed E-state index contributed by atoms with van der Waals surface area (Å²) in [6.45, 7) is 3.93. The highest BCUT2D eigenvalue weighted by Gasteiger charge is 2.46. The molecule has 1 saturated carbocycles. The summed E-state index contributed by atoms with van der Waals surface area (Å²) in [5, 5.41) is 0. The van der Waals surface area contributed by atoms with Gasteiger partial charge in [0.25, 0.3) is 5.91 Å². The van der Waals surface area contributed by atoms with E-state index < -0.39 is 0 Å². The van der Waals surface area contributed by atoms with Gasteiger partial charge in [-0.05, 0) is 62.5 Å². The monoisotopic (exact) mass is 299 g/mol. The van der Waals surface area contributed by atoms with Crippen molar-refractivity contribution < 1.29 is 4.79 Å². The average Bonchev–Trinajstić information content (AvgIpc) is 3.33. The van der Waals surface area contributed by atoms with E-state index in [4.69, 9.17) is 0 Å². The molecule has 4 heteroatoms. The summed E-state index contributed by atoms with van der Waals surface area (Å²) in [5.74, 6) is 1.10. The summed E-state index contributed by atoms with van der Waals surface area (Å²) < 4.78 is 0. The third-order valence-electron chi connectivity index (χ3n) is 5.58. The number of pyridine rings is 1. The van der Waals surface area contributed by atoms with Crippen LogP contribution in [0.15, 0.2) is 18.3 Å². The first-order valence-corrected chi connectivity index (χ1v) is 8.77. The highest BCUT2D eigenvalue weighted by molar-refractivity contribution is 5.99. The number of likely N-dealkylation sites (tertiary alicyclic amines) is 1. The fourth-order valence-corrected chi connectivity index (χ4v) is 4.06. The summed E-state index contributed by atoms with van der Waals surface area (Å²) in [4.78, 5) is 21.9. The molecule has 4 nitrogen and oxygen atoms in total. The van der Waals surface area contributed by atoms with E-state index in [-0.39, 0.29) is 5.91 Å². The van der Waals surface area contributed by atoms with Gasteiger partial charge in [0.15, 0.2) is 0 Å². The maximum absolute atomic E-state index is 12.9. The summed E-state index contributed by atoms with van der Waals surface area (Å²) in [6.07, 6.45) is 10.6. The number of anilines is 1. The number of amides is 1. The highest BCUT2D eigenvalue weighted by atomic mass is 16.2. The van der Waals surface area contributed by atoms with Crippen molar-refractivity contribution in [3.05, 3.63) is 23.9 Å². The molecule has 1 aliphatic carbocycles. The third kappa shape index (κ3) is 2.59. The summed E-state index contributed by atoms with van der Waals surface area (Å²) in [5.41, 5.74) is 1.35. The van der Waals surface area contributed by atoms with E-state index in [0.29, 0.717) is 5.41 Å². The van der Waals surface area contributed by atoms with Gasteiger partial charge in [-0.3, -0.25) is 4.79 Å². The number of hydrogen-bond donors (Lipinski definition) is 0. The predicted octanol–water partition coefficient (Wildman–Crippen LogP) is 3.09. The molecule has 3 heterocycles. The standard InChI is InChI=1S/C18H25N3O/c22-17(20-11-2-1-3-12-20)15-6-4-10-19-16(15)21-13-5-7-18(14-21)8-9-18/h4,6,10H,1-3,5,7-9,11-14H2. The Labute approximate surface area is 132 Å². The quantitative estimate of drug-likeness (QED) is 0.842. The molecule has 3 fully saturated rings. The molecule has 118 valence electrons. The minimum atomic E-state index is 0.179. The Morgan fingerprint density at radius 2 is 1.86 bits per heavy atom. The lowest BCUT2D eigenvalue weighted by Gasteiger charge is -2.35. The first-order valence-electron chi connectivity index (χ1n) is 8.77. The second kappa shape index (κ2) is 5.56. The van der Waals surface area contributed by atoms with Crippen LogP contribution in [-0.4, -0.2) is 42.0 Å². The number of nitrogens with zero attached hydrogens (tertiary/aromatic N) is 3. The number of carbonyl (C=O) groups excluding carboxylic acids is 1. The maximum atomic E-state index is 12.9. The summed E-state index contributed by atoms with van der Waals surface area (Å²) in [6, 6.07) is 3.87. The Bertz CT molecular complexity index is 561. The minimum Gasteiger partial charge on any atom is -0.355 e. The van der Waals surface area contributed by atoms with Gasteiger partial charge in [0.05, 0.1) is 5.56 Å². The first kappa shape index (κ1) is 14.0. The van der Waals surface area contributed by atoms with Gasteiger partial charge in [-0.1, -0.05) is 0 Å². The maximum Gasteiger partial charge on any atom is 0.257 e. The van der Waals surface area contributed by atoms with Gasteiger partial charge in [-0.25, -0.2) is 4.98 Å². The van der Waals surface area contributed by atoms with Crippen LogP contribution in [0.3, 0.4) is 0 Å². The molecule has 22 heavy (non-hydrogen) atoms. The van der Waals surface area contributed by atoms with Crippen LogP contribution in [0.1, 0.15) is 55.3 Å². The van der Waals surface area contributed by atoms with Crippen molar-refractivity contribution >= 4 is 11.7 Å². The average molecular weight is 299 g/mol. The Balaban J connectivity index is 1.58. The van der Waals surface area contributed by atoms with E-state index in [9.17, 15) is 4.79 Å². The normalized spacial score (nSPS) is 23.6. The molecule has 2 saturated heterocycles. The largest absolute Gasteiger partial charge is 0.355 e. The topological polar surface area (TPSA) is 36.4 Å². The van der Waals surface area contributed by atoms with E-state index in [2.05, 4.69) is 9.88 Å². The SMILES string of the molecule is O=C(c1cccnc1N1CCCC2(CC2)C1)N1CCCCC1. The molecule has 2 aliphatic heterocycles. The summed E-state index contributed by atoms with van der Waals surface area (Å²) in [7, 11) is 0. The van der Waals surface area contributed by atoms with Gasteiger partial charge in [-0.15, -0.1) is 0 Å². The predicted molar refractivity (Wildman–Crippen MR) is 87.1 cm³/mol. The van der Waals surface area contributed by atoms with E-state index in [0.717, 1.165) is 50.4 Å². The molecule has 0 radical (unpaired) electrons. The van der Waals surface area contributed by atoms with Gasteiger partial charge >= 0.3 is 0 Å². The van der Waals surface area contributed by atoms with Crippen molar-refractivity contribution in [1.29, 1.82) is 0 Å². The van der Waals surface area contributed by atoms with Crippen LogP contribution in [0.5, 0.6) is 0 Å². The molecule has 1 spiro atoms. The fourth-order valence-electron chi connectivity index (χ4n) is 4.06. The Hall–Kier alpha value is -1.58. The van der Waals surface area contributed by atoms with E-state index >= 15 is 0 Å². The minimum absolute atomic E-state index is 0.179. The lowest BCUT2D eigenvalue weighted by atomic mass is 9.94. The second-order valence-corrected chi connectivity index (χ2v) is 7.25. The Morgan fingerprint density at radius 3 is 2.64 bits per heavy atom. The van der Waals surface area contributed by atoms with Crippen molar-refractivity contribution in [3.63, 3.8) is 0 Å². The molecule has 0 bridgehead atoms. The van der Waals surface area contributed by atoms with Crippen molar-refractivity contribution in [2.45, 2.75) is 44.9 Å². The number of aromatic nitrogens is 1. The number of hydrogen-bond acceptors (Lipinski definition) is 3. The summed E-state index contributed by atoms with van der Waals surface area (Å²) >= 11 is 0. The fraction of sp³-hybridized carbons (Fsp3) is 0.667. The molecule has 0 atom stereocenters. The van der Waals surface area contributed by atoms with Crippen LogP contribution < -0.4 is 4.90 Å². The Morgan fingerprint density at radius 1 is 1.05 bits per heavy atom. The van der Waals surface area contributed by atoms with Gasteiger partial charge in [0.2, 0.25) is 0 Å². The number of rotatable bonds is 2. The molecule has 1 amide bonds. The smallest absolute Gasteiger partial charge is 0.257 e. The zero-order chi connectivity index (χ0) is 15.0. The van der Waals surface area contributed by atoms with E-state index in [1.54, 1.807) is 0 Å². The van der Waals surface area contributed by atoms with Crippen LogP contribution >= 0.6 is 0 Å². The van der Waals surface area contributed by atoms with Crippen LogP contribution in [0.25, 0.3) is 0 Å². The molecular formula is C18H25N3O. The number of piperidine rings is 2. The van der Waals surface area contributed by atoms with Crippen molar-refractivity contribution in [1.82, 2.24) is 9.88 Å². The number of carbonyl (C=O) groups is 1. The van der Waals surface area contributed by atoms with Crippen LogP contribution in [0, 0.1) is 5.41 Å². The van der Waals surface area contributed by atoms with Crippen LogP contribution in [0.2, 0.25) is 0 Å². The zero-order valence-corrected chi connectivity index (χ0v) is 13.3. The molecule has 1 aromatic rings. The van der Waals surface area contributed by atoms with E-state index in [1.807, 2.05) is 23.2 Å². The first-order chi connectivity index (χ1) is 10.8. The van der Waals surface area contributed by atoms with Gasteiger partial charge in [0.1, 0.15) is 5.82 Å². The molecule has 3 aliphatic rings. The van der Waals surface area contributed by atoms with Crippen molar-refractivity contribution in [2.75, 3.05) is 31.1 Å².